The van der Waals surface area contributed by atoms with Crippen molar-refractivity contribution in [3.63, 3.8) is 0 Å². The lowest BCUT2D eigenvalue weighted by Gasteiger charge is -2.25. The van der Waals surface area contributed by atoms with Crippen molar-refractivity contribution in [3.8, 4) is 0 Å². The van der Waals surface area contributed by atoms with Crippen molar-refractivity contribution in [2.45, 2.75) is 6.54 Å². The van der Waals surface area contributed by atoms with E-state index in [1.54, 1.807) is 12.7 Å². The fourth-order valence-corrected chi connectivity index (χ4v) is 5.22. The highest BCUT2D eigenvalue weighted by atomic mass is 35.5. The third-order valence-corrected chi connectivity index (χ3v) is 6.85. The Morgan fingerprint density at radius 2 is 1.84 bits per heavy atom. The number of rotatable bonds is 1. The zero-order valence-electron chi connectivity index (χ0n) is 10.3. The molecule has 0 amide bonds. The average molecular weight is 312 g/mol. The van der Waals surface area contributed by atoms with Gasteiger partial charge in [-0.15, -0.1) is 0 Å². The van der Waals surface area contributed by atoms with Crippen molar-refractivity contribution in [2.24, 2.45) is 0 Å². The summed E-state index contributed by atoms with van der Waals surface area (Å²) in [6, 6.07) is 13.2. The van der Waals surface area contributed by atoms with Crippen LogP contribution in [0.15, 0.2) is 42.5 Å². The normalized spacial score (nSPS) is 21.5. The van der Waals surface area contributed by atoms with Crippen LogP contribution in [0.1, 0.15) is 5.56 Å². The van der Waals surface area contributed by atoms with E-state index in [1.165, 1.54) is 0 Å². The predicted molar refractivity (Wildman–Crippen MR) is 82.3 cm³/mol. The smallest absolute Gasteiger partial charge is 0.198 e. The van der Waals surface area contributed by atoms with Crippen LogP contribution in [0.4, 0.5) is 5.69 Å². The van der Waals surface area contributed by atoms with Crippen molar-refractivity contribution in [1.29, 1.82) is 0 Å². The van der Waals surface area contributed by atoms with Gasteiger partial charge in [-0.1, -0.05) is 47.5 Å². The van der Waals surface area contributed by atoms with Gasteiger partial charge in [-0.2, -0.15) is 0 Å². The van der Waals surface area contributed by atoms with E-state index in [0.29, 0.717) is 16.6 Å². The average Bonchev–Trinajstić information content (AvgIpc) is 2.65. The van der Waals surface area contributed by atoms with E-state index >= 15 is 0 Å². The Hall–Kier alpha value is -0.950. The molecule has 1 atom stereocenters. The van der Waals surface area contributed by atoms with Crippen LogP contribution in [-0.4, -0.2) is 6.66 Å². The second kappa shape index (κ2) is 4.56. The summed E-state index contributed by atoms with van der Waals surface area (Å²) >= 11 is 12.3. The third kappa shape index (κ3) is 1.99. The summed E-state index contributed by atoms with van der Waals surface area (Å²) in [5, 5.41) is 1.85. The fourth-order valence-electron chi connectivity index (χ4n) is 2.46. The second-order valence-electron chi connectivity index (χ2n) is 4.64. The molecule has 1 unspecified atom stereocenters. The van der Waals surface area contributed by atoms with E-state index in [-0.39, 0.29) is 0 Å². The molecule has 0 bridgehead atoms. The zero-order valence-corrected chi connectivity index (χ0v) is 12.7. The summed E-state index contributed by atoms with van der Waals surface area (Å²) in [5.41, 5.74) is 1.82. The molecule has 98 valence electrons. The van der Waals surface area contributed by atoms with E-state index in [1.807, 2.05) is 41.1 Å². The maximum absolute atomic E-state index is 13.1. The molecular formula is C14H12Cl2NOP. The first-order valence-electron chi connectivity index (χ1n) is 5.90. The number of nitrogens with zero attached hydrogens (tertiary/aromatic N) is 1. The highest BCUT2D eigenvalue weighted by molar-refractivity contribution is 7.72. The molecule has 0 saturated carbocycles. The maximum atomic E-state index is 13.1. The molecule has 1 aliphatic heterocycles. The molecule has 5 heteroatoms. The molecule has 1 aliphatic rings. The van der Waals surface area contributed by atoms with Crippen LogP contribution in [0.3, 0.4) is 0 Å². The molecule has 2 aromatic carbocycles. The van der Waals surface area contributed by atoms with E-state index < -0.39 is 7.29 Å². The lowest BCUT2D eigenvalue weighted by atomic mass is 10.2. The molecule has 1 heterocycles. The molecule has 0 aliphatic carbocycles. The Bertz CT molecular complexity index is 702. The van der Waals surface area contributed by atoms with E-state index in [9.17, 15) is 4.57 Å². The third-order valence-electron chi connectivity index (χ3n) is 3.43. The van der Waals surface area contributed by atoms with Crippen LogP contribution in [-0.2, 0) is 11.1 Å². The second-order valence-corrected chi connectivity index (χ2v) is 8.15. The largest absolute Gasteiger partial charge is 0.313 e. The van der Waals surface area contributed by atoms with Gasteiger partial charge in [0.15, 0.2) is 7.29 Å². The molecule has 0 aromatic heterocycles. The van der Waals surface area contributed by atoms with Crippen molar-refractivity contribution in [1.82, 2.24) is 0 Å². The van der Waals surface area contributed by atoms with Gasteiger partial charge in [0.05, 0.1) is 22.3 Å². The number of fused-ring (bicyclic) bond motifs is 1. The summed E-state index contributed by atoms with van der Waals surface area (Å²) < 4.78 is 14.9. The molecule has 2 nitrogen and oxygen atoms in total. The van der Waals surface area contributed by atoms with Gasteiger partial charge in [0.25, 0.3) is 0 Å². The molecule has 3 rings (SSSR count). The quantitative estimate of drug-likeness (QED) is 0.720. The first-order valence-corrected chi connectivity index (χ1v) is 8.76. The number of benzene rings is 2. The van der Waals surface area contributed by atoms with Gasteiger partial charge in [0.2, 0.25) is 0 Å². The number of hydrogen-bond acceptors (Lipinski definition) is 1. The SMILES string of the molecule is CP1(=O)c2ccccc2CN1c1cccc(Cl)c1Cl. The van der Waals surface area contributed by atoms with Gasteiger partial charge in [-0.25, -0.2) is 0 Å². The van der Waals surface area contributed by atoms with Crippen molar-refractivity contribution in [2.75, 3.05) is 11.3 Å². The first kappa shape index (κ1) is 13.1. The van der Waals surface area contributed by atoms with Crippen LogP contribution in [0.2, 0.25) is 10.0 Å². The Kier molecular flexibility index (Phi) is 3.13. The van der Waals surface area contributed by atoms with E-state index in [0.717, 1.165) is 16.6 Å². The Balaban J connectivity index is 2.15. The first-order chi connectivity index (χ1) is 9.01. The summed E-state index contributed by atoms with van der Waals surface area (Å²) in [6.45, 7) is 2.38. The summed E-state index contributed by atoms with van der Waals surface area (Å²) in [7, 11) is -2.62. The molecule has 0 fully saturated rings. The summed E-state index contributed by atoms with van der Waals surface area (Å²) in [5.74, 6) is 0. The van der Waals surface area contributed by atoms with Crippen LogP contribution in [0, 0.1) is 0 Å². The van der Waals surface area contributed by atoms with Gasteiger partial charge < -0.3 is 4.67 Å². The standard InChI is InChI=1S/C14H12Cl2NOP/c1-19(18)13-8-3-2-5-10(13)9-17(19)12-7-4-6-11(15)14(12)16/h2-8H,9H2,1H3. The summed E-state index contributed by atoms with van der Waals surface area (Å²) in [6.07, 6.45) is 0. The lowest BCUT2D eigenvalue weighted by Crippen LogP contribution is -2.15. The van der Waals surface area contributed by atoms with Crippen molar-refractivity contribution in [3.05, 3.63) is 58.1 Å². The minimum Gasteiger partial charge on any atom is -0.313 e. The van der Waals surface area contributed by atoms with Crippen LogP contribution >= 0.6 is 30.5 Å². The van der Waals surface area contributed by atoms with Crippen LogP contribution < -0.4 is 9.97 Å². The zero-order chi connectivity index (χ0) is 13.6. The van der Waals surface area contributed by atoms with Crippen molar-refractivity contribution < 1.29 is 4.57 Å². The van der Waals surface area contributed by atoms with E-state index in [4.69, 9.17) is 23.2 Å². The molecule has 0 spiro atoms. The molecule has 0 radical (unpaired) electrons. The number of halogens is 2. The van der Waals surface area contributed by atoms with Crippen LogP contribution in [0.25, 0.3) is 0 Å². The topological polar surface area (TPSA) is 20.3 Å². The molecule has 0 saturated heterocycles. The molecular weight excluding hydrogens is 300 g/mol. The lowest BCUT2D eigenvalue weighted by molar-refractivity contribution is 0.583. The van der Waals surface area contributed by atoms with Gasteiger partial charge in [0.1, 0.15) is 0 Å². The number of hydrogen-bond donors (Lipinski definition) is 0. The predicted octanol–water partition coefficient (Wildman–Crippen LogP) is 4.55. The van der Waals surface area contributed by atoms with Gasteiger partial charge in [-0.3, -0.25) is 4.57 Å². The van der Waals surface area contributed by atoms with Gasteiger partial charge in [-0.05, 0) is 23.8 Å². The minimum absolute atomic E-state index is 0.457. The Morgan fingerprint density at radius 3 is 2.58 bits per heavy atom. The monoisotopic (exact) mass is 311 g/mol. The Labute approximate surface area is 122 Å². The number of anilines is 1. The van der Waals surface area contributed by atoms with Gasteiger partial charge >= 0.3 is 0 Å². The van der Waals surface area contributed by atoms with E-state index in [2.05, 4.69) is 0 Å². The van der Waals surface area contributed by atoms with Crippen molar-refractivity contribution >= 4 is 41.5 Å². The van der Waals surface area contributed by atoms with Gasteiger partial charge in [0, 0.05) is 12.0 Å². The Morgan fingerprint density at radius 1 is 1.11 bits per heavy atom. The minimum atomic E-state index is -2.62. The highest BCUT2D eigenvalue weighted by Gasteiger charge is 2.37. The van der Waals surface area contributed by atoms with Crippen LogP contribution in [0.5, 0.6) is 0 Å². The molecule has 2 aromatic rings. The highest BCUT2D eigenvalue weighted by Crippen LogP contribution is 2.55. The fraction of sp³-hybridized carbons (Fsp3) is 0.143. The molecule has 0 N–H and O–H groups in total. The summed E-state index contributed by atoms with van der Waals surface area (Å²) in [4.78, 5) is 0. The molecule has 19 heavy (non-hydrogen) atoms. The maximum Gasteiger partial charge on any atom is 0.198 e.